The maximum Gasteiger partial charge on any atom is 0.322 e. The fourth-order valence-electron chi connectivity index (χ4n) is 4.52. The Balaban J connectivity index is 1.64. The van der Waals surface area contributed by atoms with E-state index in [9.17, 15) is 14.9 Å². The Morgan fingerprint density at radius 2 is 1.97 bits per heavy atom. The van der Waals surface area contributed by atoms with E-state index < -0.39 is 11.0 Å². The predicted molar refractivity (Wildman–Crippen MR) is 131 cm³/mol. The van der Waals surface area contributed by atoms with Crippen LogP contribution < -0.4 is 10.1 Å². The van der Waals surface area contributed by atoms with Crippen LogP contribution in [0.4, 0.5) is 16.2 Å². The van der Waals surface area contributed by atoms with Gasteiger partial charge in [-0.2, -0.15) is 0 Å². The number of ether oxygens (including phenoxy) is 1. The van der Waals surface area contributed by atoms with E-state index in [1.54, 1.807) is 18.1 Å². The fraction of sp³-hybridized carbons (Fsp3) is 0.160. The number of nitrogens with one attached hydrogen (secondary N) is 2. The van der Waals surface area contributed by atoms with Crippen LogP contribution in [0.3, 0.4) is 0 Å². The second-order valence-corrected chi connectivity index (χ2v) is 8.45. The maximum atomic E-state index is 13.4. The summed E-state index contributed by atoms with van der Waals surface area (Å²) in [4.78, 5) is 29.6. The van der Waals surface area contributed by atoms with Crippen molar-refractivity contribution in [2.75, 3.05) is 19.0 Å². The largest absolute Gasteiger partial charge is 0.497 e. The van der Waals surface area contributed by atoms with Crippen LogP contribution in [0.15, 0.2) is 66.7 Å². The number of urea groups is 1. The molecule has 5 rings (SSSR count). The van der Waals surface area contributed by atoms with Gasteiger partial charge in [-0.25, -0.2) is 4.79 Å². The van der Waals surface area contributed by atoms with Gasteiger partial charge in [0.15, 0.2) is 0 Å². The van der Waals surface area contributed by atoms with Gasteiger partial charge in [0, 0.05) is 34.9 Å². The molecule has 3 aromatic carbocycles. The average molecular weight is 477 g/mol. The van der Waals surface area contributed by atoms with Crippen LogP contribution in [0.2, 0.25) is 5.02 Å². The van der Waals surface area contributed by atoms with Gasteiger partial charge in [0.25, 0.3) is 5.69 Å². The normalized spacial score (nSPS) is 15.1. The molecule has 0 fully saturated rings. The van der Waals surface area contributed by atoms with Gasteiger partial charge in [0.2, 0.25) is 0 Å². The molecule has 1 atom stereocenters. The minimum Gasteiger partial charge on any atom is -0.497 e. The number of nitro benzene ring substituents is 1. The van der Waals surface area contributed by atoms with E-state index in [-0.39, 0.29) is 16.7 Å². The molecule has 172 valence electrons. The molecule has 1 aliphatic rings. The first-order valence-corrected chi connectivity index (χ1v) is 11.1. The van der Waals surface area contributed by atoms with Crippen LogP contribution >= 0.6 is 11.6 Å². The number of para-hydroxylation sites is 1. The summed E-state index contributed by atoms with van der Waals surface area (Å²) < 4.78 is 5.40. The lowest BCUT2D eigenvalue weighted by Gasteiger charge is -2.36. The number of carbonyl (C=O) groups is 1. The van der Waals surface area contributed by atoms with E-state index >= 15 is 0 Å². The zero-order chi connectivity index (χ0) is 23.8. The lowest BCUT2D eigenvalue weighted by atomic mass is 9.92. The van der Waals surface area contributed by atoms with E-state index in [1.165, 1.54) is 12.1 Å². The highest BCUT2D eigenvalue weighted by Crippen LogP contribution is 2.41. The second kappa shape index (κ2) is 8.72. The smallest absolute Gasteiger partial charge is 0.322 e. The monoisotopic (exact) mass is 476 g/mol. The Morgan fingerprint density at radius 3 is 2.71 bits per heavy atom. The number of nitro groups is 1. The molecule has 34 heavy (non-hydrogen) atoms. The predicted octanol–water partition coefficient (Wildman–Crippen LogP) is 5.92. The lowest BCUT2D eigenvalue weighted by Crippen LogP contribution is -2.43. The summed E-state index contributed by atoms with van der Waals surface area (Å²) in [5, 5.41) is 15.6. The van der Waals surface area contributed by atoms with E-state index in [1.807, 2.05) is 48.5 Å². The van der Waals surface area contributed by atoms with Crippen molar-refractivity contribution in [3.8, 4) is 5.75 Å². The van der Waals surface area contributed by atoms with Crippen LogP contribution in [0.25, 0.3) is 10.9 Å². The van der Waals surface area contributed by atoms with Crippen molar-refractivity contribution in [3.63, 3.8) is 0 Å². The van der Waals surface area contributed by atoms with Crippen LogP contribution in [-0.4, -0.2) is 34.5 Å². The van der Waals surface area contributed by atoms with Crippen molar-refractivity contribution >= 4 is 39.9 Å². The molecule has 4 aromatic rings. The number of nitrogens with zero attached hydrogens (tertiary/aromatic N) is 2. The number of carbonyl (C=O) groups excluding carboxylic acids is 1. The quantitative estimate of drug-likeness (QED) is 0.282. The lowest BCUT2D eigenvalue weighted by molar-refractivity contribution is -0.384. The number of methoxy groups -OCH3 is 1. The number of aromatic nitrogens is 1. The topological polar surface area (TPSA) is 100 Å². The van der Waals surface area contributed by atoms with Crippen molar-refractivity contribution in [1.82, 2.24) is 9.88 Å². The summed E-state index contributed by atoms with van der Waals surface area (Å²) in [5.74, 6) is 0.734. The number of rotatable bonds is 4. The van der Waals surface area contributed by atoms with Gasteiger partial charge in [-0.3, -0.25) is 10.1 Å². The molecule has 0 aliphatic carbocycles. The summed E-state index contributed by atoms with van der Waals surface area (Å²) in [6, 6.07) is 18.7. The third-order valence-corrected chi connectivity index (χ3v) is 6.42. The number of halogens is 1. The molecule has 0 saturated carbocycles. The van der Waals surface area contributed by atoms with E-state index in [0.29, 0.717) is 24.2 Å². The highest BCUT2D eigenvalue weighted by Gasteiger charge is 2.35. The molecule has 1 unspecified atom stereocenters. The first kappa shape index (κ1) is 21.8. The number of hydrogen-bond acceptors (Lipinski definition) is 4. The summed E-state index contributed by atoms with van der Waals surface area (Å²) in [6.07, 6.45) is 0.622. The molecule has 0 saturated heterocycles. The molecule has 8 nitrogen and oxygen atoms in total. The van der Waals surface area contributed by atoms with Crippen molar-refractivity contribution in [1.29, 1.82) is 0 Å². The molecule has 2 N–H and O–H groups in total. The summed E-state index contributed by atoms with van der Waals surface area (Å²) >= 11 is 6.08. The van der Waals surface area contributed by atoms with E-state index in [0.717, 1.165) is 27.9 Å². The summed E-state index contributed by atoms with van der Waals surface area (Å²) in [5.41, 5.74) is 3.84. The standard InChI is InChI=1S/C25H21ClN4O4/c1-34-17-8-10-21-19(14-17)18-11-12-29(25(31)27-16-5-3-2-4-6-16)24(23(18)28-21)15-7-9-20(26)22(13-15)30(32)33/h2-10,13-14,24,28H,11-12H2,1H3,(H,27,31). The first-order chi connectivity index (χ1) is 16.5. The van der Waals surface area contributed by atoms with Crippen LogP contribution in [0, 0.1) is 10.1 Å². The summed E-state index contributed by atoms with van der Waals surface area (Å²) in [6.45, 7) is 0.428. The van der Waals surface area contributed by atoms with Crippen molar-refractivity contribution in [2.45, 2.75) is 12.5 Å². The van der Waals surface area contributed by atoms with Crippen LogP contribution in [-0.2, 0) is 6.42 Å². The van der Waals surface area contributed by atoms with Gasteiger partial charge < -0.3 is 19.9 Å². The Hall–Kier alpha value is -4.04. The molecule has 2 heterocycles. The molecule has 0 radical (unpaired) electrons. The number of aromatic amines is 1. The minimum atomic E-state index is -0.568. The van der Waals surface area contributed by atoms with E-state index in [2.05, 4.69) is 10.3 Å². The number of fused-ring (bicyclic) bond motifs is 3. The van der Waals surface area contributed by atoms with Crippen molar-refractivity contribution in [2.24, 2.45) is 0 Å². The van der Waals surface area contributed by atoms with E-state index in [4.69, 9.17) is 16.3 Å². The molecule has 1 aromatic heterocycles. The van der Waals surface area contributed by atoms with Crippen molar-refractivity contribution < 1.29 is 14.5 Å². The fourth-order valence-corrected chi connectivity index (χ4v) is 4.70. The number of benzene rings is 3. The molecule has 9 heteroatoms. The van der Waals surface area contributed by atoms with Gasteiger partial charge in [-0.1, -0.05) is 35.9 Å². The molecule has 0 spiro atoms. The highest BCUT2D eigenvalue weighted by molar-refractivity contribution is 6.32. The van der Waals surface area contributed by atoms with Gasteiger partial charge >= 0.3 is 6.03 Å². The Labute approximate surface area is 200 Å². The number of hydrogen-bond donors (Lipinski definition) is 2. The zero-order valence-electron chi connectivity index (χ0n) is 18.2. The average Bonchev–Trinajstić information content (AvgIpc) is 3.22. The second-order valence-electron chi connectivity index (χ2n) is 8.04. The highest BCUT2D eigenvalue weighted by atomic mass is 35.5. The molecular formula is C25H21ClN4O4. The van der Waals surface area contributed by atoms with Crippen LogP contribution in [0.1, 0.15) is 22.9 Å². The third-order valence-electron chi connectivity index (χ3n) is 6.10. The third kappa shape index (κ3) is 3.82. The van der Waals surface area contributed by atoms with Gasteiger partial charge in [-0.05, 0) is 53.9 Å². The maximum absolute atomic E-state index is 13.4. The van der Waals surface area contributed by atoms with Crippen molar-refractivity contribution in [3.05, 3.63) is 98.7 Å². The summed E-state index contributed by atoms with van der Waals surface area (Å²) in [7, 11) is 1.62. The van der Waals surface area contributed by atoms with Gasteiger partial charge in [0.1, 0.15) is 10.8 Å². The number of H-pyrrole nitrogens is 1. The molecule has 0 bridgehead atoms. The minimum absolute atomic E-state index is 0.0476. The molecule has 2 amide bonds. The van der Waals surface area contributed by atoms with Gasteiger partial charge in [-0.15, -0.1) is 0 Å². The van der Waals surface area contributed by atoms with Crippen LogP contribution in [0.5, 0.6) is 5.75 Å². The zero-order valence-corrected chi connectivity index (χ0v) is 19.0. The molecule has 1 aliphatic heterocycles. The number of amides is 2. The molecular weight excluding hydrogens is 456 g/mol. The first-order valence-electron chi connectivity index (χ1n) is 10.7. The Morgan fingerprint density at radius 1 is 1.18 bits per heavy atom. The Bertz CT molecular complexity index is 1400. The SMILES string of the molecule is COc1ccc2[nH]c3c(c2c1)CCN(C(=O)Nc1ccccc1)C3c1ccc(Cl)c([N+](=O)[O-])c1. The number of anilines is 1. The van der Waals surface area contributed by atoms with Gasteiger partial charge in [0.05, 0.1) is 18.1 Å². The Kier molecular flexibility index (Phi) is 5.59.